The SMILES string of the molecule is CC1(/C=C/CO)CCCc2ccc(O[Si]C(C)(C)C(c3ccccc3)c3ccccc3)cc21. The van der Waals surface area contributed by atoms with E-state index in [0.29, 0.717) is 9.76 Å². The number of rotatable bonds is 8. The molecular formula is C30H34O2Si. The van der Waals surface area contributed by atoms with Gasteiger partial charge in [0, 0.05) is 16.4 Å². The molecule has 0 spiro atoms. The van der Waals surface area contributed by atoms with E-state index in [-0.39, 0.29) is 23.0 Å². The molecule has 0 saturated heterocycles. The molecule has 1 atom stereocenters. The zero-order valence-corrected chi connectivity index (χ0v) is 20.9. The van der Waals surface area contributed by atoms with E-state index < -0.39 is 0 Å². The van der Waals surface area contributed by atoms with Gasteiger partial charge >= 0.3 is 9.76 Å². The van der Waals surface area contributed by atoms with Gasteiger partial charge in [-0.05, 0) is 53.6 Å². The summed E-state index contributed by atoms with van der Waals surface area (Å²) in [7, 11) is 0.306. The lowest BCUT2D eigenvalue weighted by Crippen LogP contribution is -2.28. The summed E-state index contributed by atoms with van der Waals surface area (Å²) in [6, 6.07) is 28.1. The molecule has 1 unspecified atom stereocenters. The Kier molecular flexibility index (Phi) is 7.21. The highest BCUT2D eigenvalue weighted by atomic mass is 28.2. The number of aryl methyl sites for hydroxylation is 1. The largest absolute Gasteiger partial charge is 0.540 e. The van der Waals surface area contributed by atoms with Gasteiger partial charge in [0.1, 0.15) is 5.75 Å². The predicted octanol–water partition coefficient (Wildman–Crippen LogP) is 6.86. The topological polar surface area (TPSA) is 29.5 Å². The molecule has 2 nitrogen and oxygen atoms in total. The normalized spacial score (nSPS) is 18.5. The van der Waals surface area contributed by atoms with Crippen molar-refractivity contribution in [3.63, 3.8) is 0 Å². The Morgan fingerprint density at radius 2 is 1.64 bits per heavy atom. The minimum Gasteiger partial charge on any atom is -0.540 e. The van der Waals surface area contributed by atoms with E-state index in [0.717, 1.165) is 18.6 Å². The molecule has 0 saturated carbocycles. The minimum absolute atomic E-state index is 0.0507. The summed E-state index contributed by atoms with van der Waals surface area (Å²) in [5.41, 5.74) is 5.31. The van der Waals surface area contributed by atoms with E-state index in [1.54, 1.807) is 0 Å². The second kappa shape index (κ2) is 10.1. The fourth-order valence-corrected chi connectivity index (χ4v) is 6.16. The molecule has 4 rings (SSSR count). The number of aliphatic hydroxyl groups excluding tert-OH is 1. The zero-order chi connectivity index (χ0) is 23.3. The third-order valence-electron chi connectivity index (χ3n) is 6.85. The van der Waals surface area contributed by atoms with Crippen LogP contribution >= 0.6 is 0 Å². The molecule has 2 radical (unpaired) electrons. The van der Waals surface area contributed by atoms with E-state index in [2.05, 4.69) is 106 Å². The Labute approximate surface area is 201 Å². The molecule has 3 heteroatoms. The van der Waals surface area contributed by atoms with E-state index in [9.17, 15) is 5.11 Å². The van der Waals surface area contributed by atoms with E-state index in [1.165, 1.54) is 28.7 Å². The van der Waals surface area contributed by atoms with Crippen LogP contribution in [0.25, 0.3) is 0 Å². The molecule has 0 aliphatic heterocycles. The van der Waals surface area contributed by atoms with Crippen molar-refractivity contribution in [1.29, 1.82) is 0 Å². The lowest BCUT2D eigenvalue weighted by Gasteiger charge is -2.35. The highest BCUT2D eigenvalue weighted by Gasteiger charge is 2.36. The number of aliphatic hydroxyl groups is 1. The molecule has 0 aromatic heterocycles. The molecule has 0 fully saturated rings. The number of hydrogen-bond donors (Lipinski definition) is 1. The van der Waals surface area contributed by atoms with Crippen LogP contribution in [0.15, 0.2) is 91.0 Å². The van der Waals surface area contributed by atoms with E-state index in [1.807, 2.05) is 6.08 Å². The van der Waals surface area contributed by atoms with Crippen LogP contribution < -0.4 is 4.43 Å². The fourth-order valence-electron chi connectivity index (χ4n) is 5.20. The van der Waals surface area contributed by atoms with Gasteiger partial charge in [-0.1, -0.05) is 99.7 Å². The summed E-state index contributed by atoms with van der Waals surface area (Å²) in [5.74, 6) is 1.18. The molecule has 3 aromatic carbocycles. The van der Waals surface area contributed by atoms with Gasteiger partial charge in [0.15, 0.2) is 0 Å². The minimum atomic E-state index is -0.0846. The number of hydrogen-bond acceptors (Lipinski definition) is 2. The summed E-state index contributed by atoms with van der Waals surface area (Å²) in [6.45, 7) is 6.97. The first-order valence-corrected chi connectivity index (χ1v) is 12.8. The number of allylic oxidation sites excluding steroid dienone is 1. The Morgan fingerprint density at radius 1 is 1.00 bits per heavy atom. The van der Waals surface area contributed by atoms with Crippen molar-refractivity contribution in [2.24, 2.45) is 0 Å². The maximum absolute atomic E-state index is 9.32. The van der Waals surface area contributed by atoms with Gasteiger partial charge in [-0.25, -0.2) is 0 Å². The maximum atomic E-state index is 9.32. The molecule has 1 aliphatic carbocycles. The average molecular weight is 455 g/mol. The lowest BCUT2D eigenvalue weighted by atomic mass is 9.71. The molecule has 170 valence electrons. The van der Waals surface area contributed by atoms with Crippen LogP contribution in [0.4, 0.5) is 0 Å². The van der Waals surface area contributed by atoms with E-state index in [4.69, 9.17) is 4.43 Å². The van der Waals surface area contributed by atoms with Gasteiger partial charge in [0.25, 0.3) is 0 Å². The predicted molar refractivity (Wildman–Crippen MR) is 138 cm³/mol. The first kappa shape index (κ1) is 23.5. The molecule has 1 N–H and O–H groups in total. The Bertz CT molecular complexity index is 1040. The van der Waals surface area contributed by atoms with Crippen LogP contribution in [0.5, 0.6) is 5.75 Å². The molecular weight excluding hydrogens is 420 g/mol. The summed E-state index contributed by atoms with van der Waals surface area (Å²) >= 11 is 0. The molecule has 3 aromatic rings. The third kappa shape index (κ3) is 5.31. The van der Waals surface area contributed by atoms with E-state index >= 15 is 0 Å². The maximum Gasteiger partial charge on any atom is 0.318 e. The second-order valence-corrected chi connectivity index (χ2v) is 11.6. The standard InChI is InChI=1S/C30H34O2Si/c1-29(2,28(24-12-6-4-7-13-24)25-14-8-5-9-15-25)33-32-26-18-17-23-16-10-19-30(3,20-11-21-31)27(23)22-26/h4-9,11-15,17-18,20,22,28,31H,10,16,19,21H2,1-3H3/b20-11+. The van der Waals surface area contributed by atoms with Gasteiger partial charge in [-0.2, -0.15) is 0 Å². The van der Waals surface area contributed by atoms with Crippen molar-refractivity contribution in [3.8, 4) is 5.75 Å². The quantitative estimate of drug-likeness (QED) is 0.298. The highest BCUT2D eigenvalue weighted by Crippen LogP contribution is 2.46. The van der Waals surface area contributed by atoms with Crippen LogP contribution in [0.2, 0.25) is 5.04 Å². The van der Waals surface area contributed by atoms with Crippen LogP contribution in [-0.2, 0) is 11.8 Å². The summed E-state index contributed by atoms with van der Waals surface area (Å²) in [5, 5.41) is 9.23. The van der Waals surface area contributed by atoms with Crippen molar-refractivity contribution < 1.29 is 9.53 Å². The Morgan fingerprint density at radius 3 is 2.24 bits per heavy atom. The average Bonchev–Trinajstić information content (AvgIpc) is 2.83. The smallest absolute Gasteiger partial charge is 0.318 e. The molecule has 0 heterocycles. The first-order valence-electron chi connectivity index (χ1n) is 11.9. The molecule has 1 aliphatic rings. The van der Waals surface area contributed by atoms with Crippen LogP contribution in [0.1, 0.15) is 61.8 Å². The van der Waals surface area contributed by atoms with Crippen LogP contribution in [0.3, 0.4) is 0 Å². The van der Waals surface area contributed by atoms with Crippen LogP contribution in [0, 0.1) is 0 Å². The molecule has 0 bridgehead atoms. The fraction of sp³-hybridized carbons (Fsp3) is 0.333. The summed E-state index contributed by atoms with van der Waals surface area (Å²) in [4.78, 5) is 0. The summed E-state index contributed by atoms with van der Waals surface area (Å²) in [6.07, 6.45) is 7.41. The van der Waals surface area contributed by atoms with Gasteiger partial charge in [0.05, 0.1) is 6.61 Å². The van der Waals surface area contributed by atoms with Crippen molar-refractivity contribution in [2.75, 3.05) is 6.61 Å². The first-order chi connectivity index (χ1) is 15.9. The number of fused-ring (bicyclic) bond motifs is 1. The lowest BCUT2D eigenvalue weighted by molar-refractivity contribution is 0.340. The second-order valence-electron chi connectivity index (χ2n) is 9.86. The van der Waals surface area contributed by atoms with Crippen molar-refractivity contribution >= 4 is 9.76 Å². The zero-order valence-electron chi connectivity index (χ0n) is 19.9. The molecule has 0 amide bonds. The Balaban J connectivity index is 1.60. The van der Waals surface area contributed by atoms with Gasteiger partial charge in [-0.3, -0.25) is 0 Å². The van der Waals surface area contributed by atoms with Gasteiger partial charge in [0.2, 0.25) is 0 Å². The molecule has 33 heavy (non-hydrogen) atoms. The number of benzene rings is 3. The van der Waals surface area contributed by atoms with Crippen molar-refractivity contribution in [1.82, 2.24) is 0 Å². The van der Waals surface area contributed by atoms with Crippen LogP contribution in [-0.4, -0.2) is 21.5 Å². The van der Waals surface area contributed by atoms with Gasteiger partial charge < -0.3 is 9.53 Å². The van der Waals surface area contributed by atoms with Gasteiger partial charge in [-0.15, -0.1) is 0 Å². The highest BCUT2D eigenvalue weighted by molar-refractivity contribution is 6.33. The monoisotopic (exact) mass is 454 g/mol. The Hall–Kier alpha value is -2.62. The third-order valence-corrected chi connectivity index (χ3v) is 8.00. The van der Waals surface area contributed by atoms with Crippen molar-refractivity contribution in [3.05, 3.63) is 113 Å². The summed E-state index contributed by atoms with van der Waals surface area (Å²) < 4.78 is 6.51. The van der Waals surface area contributed by atoms with Crippen molar-refractivity contribution in [2.45, 2.75) is 56.4 Å².